The van der Waals surface area contributed by atoms with Crippen LogP contribution in [0.5, 0.6) is 0 Å². The Balaban J connectivity index is 1.99. The molecule has 0 bridgehead atoms. The molecule has 2 rings (SSSR count). The number of benzene rings is 1. The highest BCUT2D eigenvalue weighted by molar-refractivity contribution is 6.35. The van der Waals surface area contributed by atoms with Crippen LogP contribution in [0.4, 0.5) is 0 Å². The lowest BCUT2D eigenvalue weighted by molar-refractivity contribution is -0.157. The maximum Gasteiger partial charge on any atom is 0.323 e. The number of nitrogens with zero attached hydrogens (tertiary/aromatic N) is 1. The van der Waals surface area contributed by atoms with Crippen LogP contribution in [0.1, 0.15) is 44.7 Å². The van der Waals surface area contributed by atoms with Crippen molar-refractivity contribution >= 4 is 29.2 Å². The minimum absolute atomic E-state index is 0.0761. The highest BCUT2D eigenvalue weighted by Gasteiger charge is 2.39. The normalized spacial score (nSPS) is 19.9. The summed E-state index contributed by atoms with van der Waals surface area (Å²) in [6, 6.07) is 5.42. The van der Waals surface area contributed by atoms with Gasteiger partial charge in [-0.15, -0.1) is 0 Å². The van der Waals surface area contributed by atoms with Crippen molar-refractivity contribution in [2.45, 2.75) is 45.2 Å². The summed E-state index contributed by atoms with van der Waals surface area (Å²) in [7, 11) is 0. The smallest absolute Gasteiger partial charge is 0.323 e. The van der Waals surface area contributed by atoms with Crippen LogP contribution < -0.4 is 0 Å². The lowest BCUT2D eigenvalue weighted by atomic mass is 9.96. The zero-order valence-electron chi connectivity index (χ0n) is 12.4. The molecule has 0 N–H and O–H groups in total. The van der Waals surface area contributed by atoms with Crippen LogP contribution >= 0.6 is 23.2 Å². The number of likely N-dealkylation sites (tertiary alicyclic amines) is 1. The molecule has 0 amide bonds. The van der Waals surface area contributed by atoms with Crippen molar-refractivity contribution in [2.75, 3.05) is 13.2 Å². The summed E-state index contributed by atoms with van der Waals surface area (Å²) in [5.41, 5.74) is 0.993. The topological polar surface area (TPSA) is 29.5 Å². The lowest BCUT2D eigenvalue weighted by Gasteiger charge is -2.43. The average Bonchev–Trinajstić information content (AvgIpc) is 2.37. The molecule has 3 nitrogen and oxygen atoms in total. The highest BCUT2D eigenvalue weighted by Crippen LogP contribution is 2.35. The van der Waals surface area contributed by atoms with E-state index in [1.165, 1.54) is 0 Å². The van der Waals surface area contributed by atoms with Crippen LogP contribution in [-0.4, -0.2) is 30.1 Å². The van der Waals surface area contributed by atoms with Crippen LogP contribution in [0.2, 0.25) is 10.0 Å². The predicted octanol–water partition coefficient (Wildman–Crippen LogP) is 4.47. The van der Waals surface area contributed by atoms with Crippen molar-refractivity contribution in [2.24, 2.45) is 0 Å². The summed E-state index contributed by atoms with van der Waals surface area (Å²) in [4.78, 5) is 14.2. The van der Waals surface area contributed by atoms with Crippen molar-refractivity contribution in [1.82, 2.24) is 4.90 Å². The summed E-state index contributed by atoms with van der Waals surface area (Å²) in [5, 5.41) is 1.26. The SMILES string of the molecule is CCCCOC(=O)C1CCN1C(C)c1ccc(Cl)cc1Cl. The highest BCUT2D eigenvalue weighted by atomic mass is 35.5. The fourth-order valence-electron chi connectivity index (χ4n) is 2.56. The van der Waals surface area contributed by atoms with E-state index in [9.17, 15) is 4.79 Å². The second kappa shape index (κ2) is 7.48. The molecule has 21 heavy (non-hydrogen) atoms. The van der Waals surface area contributed by atoms with E-state index in [0.29, 0.717) is 16.7 Å². The summed E-state index contributed by atoms with van der Waals surface area (Å²) >= 11 is 12.2. The Morgan fingerprint density at radius 1 is 1.48 bits per heavy atom. The van der Waals surface area contributed by atoms with Gasteiger partial charge in [0.15, 0.2) is 0 Å². The summed E-state index contributed by atoms with van der Waals surface area (Å²) < 4.78 is 5.32. The molecule has 2 atom stereocenters. The Bertz CT molecular complexity index is 507. The van der Waals surface area contributed by atoms with Gasteiger partial charge in [0.25, 0.3) is 0 Å². The second-order valence-electron chi connectivity index (χ2n) is 5.41. The van der Waals surface area contributed by atoms with Crippen molar-refractivity contribution in [3.8, 4) is 0 Å². The Kier molecular flexibility index (Phi) is 5.91. The molecular formula is C16H21Cl2NO2. The summed E-state index contributed by atoms with van der Waals surface area (Å²) in [6.45, 7) is 5.53. The molecule has 1 saturated heterocycles. The van der Waals surface area contributed by atoms with Crippen LogP contribution in [-0.2, 0) is 9.53 Å². The molecular weight excluding hydrogens is 309 g/mol. The van der Waals surface area contributed by atoms with Gasteiger partial charge in [0, 0.05) is 22.6 Å². The summed E-state index contributed by atoms with van der Waals surface area (Å²) in [6.07, 6.45) is 2.79. The fourth-order valence-corrected chi connectivity index (χ4v) is 3.12. The molecule has 1 aliphatic heterocycles. The number of esters is 1. The minimum Gasteiger partial charge on any atom is -0.465 e. The molecule has 1 heterocycles. The van der Waals surface area contributed by atoms with Gasteiger partial charge in [0.2, 0.25) is 0 Å². The average molecular weight is 330 g/mol. The van der Waals surface area contributed by atoms with E-state index in [4.69, 9.17) is 27.9 Å². The van der Waals surface area contributed by atoms with E-state index in [2.05, 4.69) is 18.7 Å². The number of hydrogen-bond donors (Lipinski definition) is 0. The van der Waals surface area contributed by atoms with E-state index in [1.807, 2.05) is 12.1 Å². The van der Waals surface area contributed by atoms with E-state index in [0.717, 1.165) is 31.4 Å². The number of unbranched alkanes of at least 4 members (excludes halogenated alkanes) is 1. The third kappa shape index (κ3) is 3.91. The Hall–Kier alpha value is -0.770. The number of halogens is 2. The van der Waals surface area contributed by atoms with Crippen molar-refractivity contribution < 1.29 is 9.53 Å². The first kappa shape index (κ1) is 16.6. The zero-order chi connectivity index (χ0) is 15.4. The van der Waals surface area contributed by atoms with Crippen LogP contribution in [0.15, 0.2) is 18.2 Å². The Labute approximate surface area is 136 Å². The minimum atomic E-state index is -0.149. The molecule has 0 radical (unpaired) electrons. The van der Waals surface area contributed by atoms with E-state index in [1.54, 1.807) is 6.07 Å². The maximum atomic E-state index is 12.1. The molecule has 1 fully saturated rings. The molecule has 1 aromatic rings. The van der Waals surface area contributed by atoms with E-state index in [-0.39, 0.29) is 18.1 Å². The lowest BCUT2D eigenvalue weighted by Crippen LogP contribution is -2.53. The quantitative estimate of drug-likeness (QED) is 0.569. The van der Waals surface area contributed by atoms with Crippen molar-refractivity contribution in [1.29, 1.82) is 0 Å². The first-order valence-corrected chi connectivity index (χ1v) is 8.17. The van der Waals surface area contributed by atoms with Gasteiger partial charge in [-0.3, -0.25) is 9.69 Å². The monoisotopic (exact) mass is 329 g/mol. The molecule has 1 aliphatic rings. The van der Waals surface area contributed by atoms with Crippen LogP contribution in [0, 0.1) is 0 Å². The van der Waals surface area contributed by atoms with Gasteiger partial charge in [-0.25, -0.2) is 0 Å². The summed E-state index contributed by atoms with van der Waals surface area (Å²) in [5.74, 6) is -0.119. The van der Waals surface area contributed by atoms with Crippen LogP contribution in [0.3, 0.4) is 0 Å². The predicted molar refractivity (Wildman–Crippen MR) is 85.9 cm³/mol. The first-order valence-electron chi connectivity index (χ1n) is 7.42. The molecule has 2 unspecified atom stereocenters. The van der Waals surface area contributed by atoms with Crippen molar-refractivity contribution in [3.63, 3.8) is 0 Å². The van der Waals surface area contributed by atoms with Gasteiger partial charge in [0.1, 0.15) is 6.04 Å². The first-order chi connectivity index (χ1) is 10.0. The standard InChI is InChI=1S/C16H21Cl2NO2/c1-3-4-9-21-16(20)15-7-8-19(15)11(2)13-6-5-12(17)10-14(13)18/h5-6,10-11,15H,3-4,7-9H2,1-2H3. The molecule has 0 saturated carbocycles. The molecule has 0 spiro atoms. The number of ether oxygens (including phenoxy) is 1. The van der Waals surface area contributed by atoms with Gasteiger partial charge >= 0.3 is 5.97 Å². The van der Waals surface area contributed by atoms with E-state index < -0.39 is 0 Å². The number of carbonyl (C=O) groups excluding carboxylic acids is 1. The Morgan fingerprint density at radius 3 is 2.81 bits per heavy atom. The van der Waals surface area contributed by atoms with Gasteiger partial charge in [-0.05, 0) is 37.5 Å². The third-order valence-electron chi connectivity index (χ3n) is 3.99. The third-order valence-corrected chi connectivity index (χ3v) is 4.55. The number of rotatable bonds is 6. The van der Waals surface area contributed by atoms with Gasteiger partial charge in [0.05, 0.1) is 6.61 Å². The second-order valence-corrected chi connectivity index (χ2v) is 6.25. The van der Waals surface area contributed by atoms with Gasteiger partial charge in [-0.1, -0.05) is 42.6 Å². The number of hydrogen-bond acceptors (Lipinski definition) is 3. The maximum absolute atomic E-state index is 12.1. The molecule has 0 aliphatic carbocycles. The number of carbonyl (C=O) groups is 1. The van der Waals surface area contributed by atoms with Crippen LogP contribution in [0.25, 0.3) is 0 Å². The van der Waals surface area contributed by atoms with E-state index >= 15 is 0 Å². The van der Waals surface area contributed by atoms with Gasteiger partial charge in [-0.2, -0.15) is 0 Å². The molecule has 5 heteroatoms. The molecule has 0 aromatic heterocycles. The molecule has 1 aromatic carbocycles. The van der Waals surface area contributed by atoms with Gasteiger partial charge < -0.3 is 4.74 Å². The largest absolute Gasteiger partial charge is 0.465 e. The Morgan fingerprint density at radius 2 is 2.24 bits per heavy atom. The fraction of sp³-hybridized carbons (Fsp3) is 0.562. The zero-order valence-corrected chi connectivity index (χ0v) is 14.0. The van der Waals surface area contributed by atoms with Crippen molar-refractivity contribution in [3.05, 3.63) is 33.8 Å². The molecule has 116 valence electrons.